The van der Waals surface area contributed by atoms with E-state index in [1.165, 1.54) is 0 Å². The van der Waals surface area contributed by atoms with Crippen LogP contribution in [-0.4, -0.2) is 65.5 Å². The molecule has 1 aliphatic rings. The van der Waals surface area contributed by atoms with E-state index < -0.39 is 0 Å². The number of unbranched alkanes of at least 4 members (excludes halogenated alkanes) is 2. The third-order valence-electron chi connectivity index (χ3n) is 4.92. The van der Waals surface area contributed by atoms with Crippen molar-refractivity contribution in [1.82, 2.24) is 20.4 Å². The summed E-state index contributed by atoms with van der Waals surface area (Å²) in [5, 5.41) is 17.1. The lowest BCUT2D eigenvalue weighted by Crippen LogP contribution is -2.40. The highest BCUT2D eigenvalue weighted by atomic mass is 16.5. The van der Waals surface area contributed by atoms with E-state index in [1.54, 1.807) is 7.11 Å². The molecule has 0 spiro atoms. The lowest BCUT2D eigenvalue weighted by Gasteiger charge is -2.20. The number of ether oxygens (including phenoxy) is 1. The highest BCUT2D eigenvalue weighted by Crippen LogP contribution is 2.20. The standard InChI is InChI=1S/C21H31N5O3/c1-3-22-21(26-14-12-17(27)15-26)23-13-6-4-5-7-19-24-20(25-29-19)16-8-10-18(28-2)11-9-16/h8-11,17,27H,3-7,12-15H2,1-2H3,(H,22,23)/t17-/m1/s1. The number of rotatable bonds is 9. The summed E-state index contributed by atoms with van der Waals surface area (Å²) in [7, 11) is 1.64. The number of nitrogens with one attached hydrogen (secondary N) is 1. The maximum atomic E-state index is 9.71. The fourth-order valence-electron chi connectivity index (χ4n) is 3.32. The number of nitrogens with zero attached hydrogens (tertiary/aromatic N) is 4. The number of hydrogen-bond donors (Lipinski definition) is 2. The number of hydrogen-bond acceptors (Lipinski definition) is 6. The Hall–Kier alpha value is -2.61. The Morgan fingerprint density at radius 1 is 1.31 bits per heavy atom. The van der Waals surface area contributed by atoms with Crippen LogP contribution in [0.2, 0.25) is 0 Å². The van der Waals surface area contributed by atoms with Crippen molar-refractivity contribution >= 4 is 5.96 Å². The van der Waals surface area contributed by atoms with Crippen LogP contribution in [0.15, 0.2) is 33.8 Å². The molecular weight excluding hydrogens is 370 g/mol. The van der Waals surface area contributed by atoms with Gasteiger partial charge >= 0.3 is 0 Å². The van der Waals surface area contributed by atoms with Crippen LogP contribution in [0.1, 0.15) is 38.5 Å². The van der Waals surface area contributed by atoms with E-state index in [4.69, 9.17) is 14.3 Å². The van der Waals surface area contributed by atoms with Crippen molar-refractivity contribution in [1.29, 1.82) is 0 Å². The molecule has 8 nitrogen and oxygen atoms in total. The van der Waals surface area contributed by atoms with Crippen molar-refractivity contribution in [2.45, 2.75) is 45.1 Å². The smallest absolute Gasteiger partial charge is 0.226 e. The van der Waals surface area contributed by atoms with Gasteiger partial charge in [0.05, 0.1) is 13.2 Å². The predicted octanol–water partition coefficient (Wildman–Crippen LogP) is 2.49. The Labute approximate surface area is 172 Å². The molecule has 0 unspecified atom stereocenters. The Morgan fingerprint density at radius 3 is 2.83 bits per heavy atom. The van der Waals surface area contributed by atoms with Gasteiger partial charge in [-0.25, -0.2) is 0 Å². The minimum Gasteiger partial charge on any atom is -0.497 e. The molecule has 1 aliphatic heterocycles. The molecule has 1 fully saturated rings. The zero-order valence-corrected chi connectivity index (χ0v) is 17.3. The van der Waals surface area contributed by atoms with Gasteiger partial charge in [-0.15, -0.1) is 0 Å². The number of aliphatic hydroxyl groups excluding tert-OH is 1. The molecule has 2 N–H and O–H groups in total. The van der Waals surface area contributed by atoms with Gasteiger partial charge in [0.25, 0.3) is 0 Å². The van der Waals surface area contributed by atoms with E-state index in [2.05, 4.69) is 27.3 Å². The van der Waals surface area contributed by atoms with Crippen molar-refractivity contribution < 1.29 is 14.4 Å². The van der Waals surface area contributed by atoms with Gasteiger partial charge in [-0.1, -0.05) is 11.6 Å². The molecule has 1 saturated heterocycles. The lowest BCUT2D eigenvalue weighted by atomic mass is 10.2. The molecule has 2 aromatic rings. The number of aromatic nitrogens is 2. The van der Waals surface area contributed by atoms with Gasteiger partial charge < -0.3 is 24.6 Å². The highest BCUT2D eigenvalue weighted by Gasteiger charge is 2.22. The van der Waals surface area contributed by atoms with Gasteiger partial charge in [-0.2, -0.15) is 4.98 Å². The first kappa shape index (κ1) is 21.1. The summed E-state index contributed by atoms with van der Waals surface area (Å²) < 4.78 is 10.5. The summed E-state index contributed by atoms with van der Waals surface area (Å²) in [6, 6.07) is 7.62. The average Bonchev–Trinajstić information content (AvgIpc) is 3.39. The zero-order valence-electron chi connectivity index (χ0n) is 17.3. The van der Waals surface area contributed by atoms with Crippen LogP contribution < -0.4 is 10.1 Å². The van der Waals surface area contributed by atoms with Crippen LogP contribution in [0, 0.1) is 0 Å². The van der Waals surface area contributed by atoms with Crippen molar-refractivity contribution in [3.63, 3.8) is 0 Å². The number of aryl methyl sites for hydroxylation is 1. The molecule has 8 heteroatoms. The lowest BCUT2D eigenvalue weighted by molar-refractivity contribution is 0.188. The molecule has 2 heterocycles. The summed E-state index contributed by atoms with van der Waals surface area (Å²) in [6.07, 6.45) is 4.38. The quantitative estimate of drug-likeness (QED) is 0.379. The normalized spacial score (nSPS) is 17.0. The summed E-state index contributed by atoms with van der Waals surface area (Å²) in [4.78, 5) is 11.3. The second kappa shape index (κ2) is 10.8. The van der Waals surface area contributed by atoms with Crippen molar-refractivity contribution in [2.24, 2.45) is 4.99 Å². The molecule has 1 atom stereocenters. The van der Waals surface area contributed by atoms with Crippen LogP contribution in [-0.2, 0) is 6.42 Å². The molecule has 3 rings (SSSR count). The summed E-state index contributed by atoms with van der Waals surface area (Å²) in [5.41, 5.74) is 0.915. The maximum absolute atomic E-state index is 9.71. The Bertz CT molecular complexity index is 775. The average molecular weight is 402 g/mol. The molecular formula is C21H31N5O3. The summed E-state index contributed by atoms with van der Waals surface area (Å²) in [5.74, 6) is 2.98. The molecule has 0 amide bonds. The van der Waals surface area contributed by atoms with E-state index in [0.29, 0.717) is 18.3 Å². The van der Waals surface area contributed by atoms with Crippen LogP contribution in [0.25, 0.3) is 11.4 Å². The zero-order chi connectivity index (χ0) is 20.5. The molecule has 0 aliphatic carbocycles. The van der Waals surface area contributed by atoms with Gasteiger partial charge in [0.1, 0.15) is 5.75 Å². The van der Waals surface area contributed by atoms with E-state index in [0.717, 1.165) is 69.0 Å². The van der Waals surface area contributed by atoms with Gasteiger partial charge in [0, 0.05) is 38.2 Å². The second-order valence-electron chi connectivity index (χ2n) is 7.18. The minimum atomic E-state index is -0.240. The number of methoxy groups -OCH3 is 1. The number of aliphatic imine (C=N–C) groups is 1. The molecule has 0 saturated carbocycles. The van der Waals surface area contributed by atoms with Gasteiger partial charge in [0.2, 0.25) is 11.7 Å². The molecule has 1 aromatic carbocycles. The molecule has 0 radical (unpaired) electrons. The number of β-amino-alcohol motifs (C(OH)–C–C–N with tert-alkyl or cyclic N) is 1. The van der Waals surface area contributed by atoms with E-state index in [-0.39, 0.29) is 6.10 Å². The minimum absolute atomic E-state index is 0.240. The first-order valence-corrected chi connectivity index (χ1v) is 10.4. The Morgan fingerprint density at radius 2 is 2.14 bits per heavy atom. The summed E-state index contributed by atoms with van der Waals surface area (Å²) >= 11 is 0. The number of aliphatic hydroxyl groups is 1. The highest BCUT2D eigenvalue weighted by molar-refractivity contribution is 5.80. The van der Waals surface area contributed by atoms with Crippen LogP contribution >= 0.6 is 0 Å². The van der Waals surface area contributed by atoms with E-state index >= 15 is 0 Å². The van der Waals surface area contributed by atoms with Crippen LogP contribution in [0.3, 0.4) is 0 Å². The predicted molar refractivity (Wildman–Crippen MR) is 112 cm³/mol. The van der Waals surface area contributed by atoms with Crippen molar-refractivity contribution in [3.8, 4) is 17.1 Å². The number of likely N-dealkylation sites (tertiary alicyclic amines) is 1. The third-order valence-corrected chi connectivity index (χ3v) is 4.92. The first-order valence-electron chi connectivity index (χ1n) is 10.4. The molecule has 29 heavy (non-hydrogen) atoms. The molecule has 1 aromatic heterocycles. The summed E-state index contributed by atoms with van der Waals surface area (Å²) in [6.45, 7) is 5.20. The monoisotopic (exact) mass is 401 g/mol. The van der Waals surface area contributed by atoms with Gasteiger partial charge in [-0.3, -0.25) is 4.99 Å². The fourth-order valence-corrected chi connectivity index (χ4v) is 3.32. The second-order valence-corrected chi connectivity index (χ2v) is 7.18. The SMILES string of the molecule is CCNC(=NCCCCCc1nc(-c2ccc(OC)cc2)no1)N1CC[C@@H](O)C1. The largest absolute Gasteiger partial charge is 0.497 e. The van der Waals surface area contributed by atoms with E-state index in [1.807, 2.05) is 24.3 Å². The van der Waals surface area contributed by atoms with Gasteiger partial charge in [0.15, 0.2) is 5.96 Å². The Balaban J connectivity index is 1.39. The van der Waals surface area contributed by atoms with Crippen molar-refractivity contribution in [3.05, 3.63) is 30.2 Å². The third kappa shape index (κ3) is 6.19. The molecule has 158 valence electrons. The van der Waals surface area contributed by atoms with Gasteiger partial charge in [-0.05, 0) is 50.5 Å². The maximum Gasteiger partial charge on any atom is 0.226 e. The number of benzene rings is 1. The van der Waals surface area contributed by atoms with Crippen LogP contribution in [0.5, 0.6) is 5.75 Å². The van der Waals surface area contributed by atoms with Crippen molar-refractivity contribution in [2.75, 3.05) is 33.3 Å². The topological polar surface area (TPSA) is 96.0 Å². The number of guanidine groups is 1. The fraction of sp³-hybridized carbons (Fsp3) is 0.571. The molecule has 0 bridgehead atoms. The Kier molecular flexibility index (Phi) is 7.86. The van der Waals surface area contributed by atoms with E-state index in [9.17, 15) is 5.11 Å². The van der Waals surface area contributed by atoms with Crippen LogP contribution in [0.4, 0.5) is 0 Å². The first-order chi connectivity index (χ1) is 14.2.